The maximum atomic E-state index is 12.9. The van der Waals surface area contributed by atoms with Gasteiger partial charge in [-0.2, -0.15) is 0 Å². The number of esters is 2. The van der Waals surface area contributed by atoms with Crippen LogP contribution in [0, 0.1) is 0 Å². The first kappa shape index (κ1) is 26.6. The molecule has 0 rings (SSSR count). The van der Waals surface area contributed by atoms with Crippen LogP contribution in [0.15, 0.2) is 24.3 Å². The van der Waals surface area contributed by atoms with Gasteiger partial charge in [0.15, 0.2) is 0 Å². The Hall–Kier alpha value is -1.43. The Morgan fingerprint density at radius 1 is 0.750 bits per heavy atom. The van der Waals surface area contributed by atoms with E-state index in [4.69, 9.17) is 18.5 Å². The van der Waals surface area contributed by atoms with Gasteiger partial charge in [-0.15, -0.1) is 0 Å². The topological polar surface area (TPSA) is 88.1 Å². The second-order valence-corrected chi connectivity index (χ2v) is 8.79. The summed E-state index contributed by atoms with van der Waals surface area (Å²) in [5.74, 6) is -0.911. The quantitative estimate of drug-likeness (QED) is 0.145. The average molecular weight is 418 g/mol. The van der Waals surface area contributed by atoms with Gasteiger partial charge in [0.05, 0.1) is 32.6 Å². The molecule has 0 atom stereocenters. The second-order valence-electron chi connectivity index (χ2n) is 6.60. The van der Waals surface area contributed by atoms with Crippen LogP contribution in [0.3, 0.4) is 0 Å². The lowest BCUT2D eigenvalue weighted by Gasteiger charge is -2.19. The summed E-state index contributed by atoms with van der Waals surface area (Å²) in [6, 6.07) is 0. The van der Waals surface area contributed by atoms with Crippen LogP contribution in [0.4, 0.5) is 0 Å². The van der Waals surface area contributed by atoms with Crippen molar-refractivity contribution in [3.63, 3.8) is 0 Å². The lowest BCUT2D eigenvalue weighted by atomic mass is 10.2. The first-order chi connectivity index (χ1) is 13.2. The molecule has 0 saturated carbocycles. The minimum Gasteiger partial charge on any atom is -0.462 e. The molecule has 0 fully saturated rings. The van der Waals surface area contributed by atoms with Crippen LogP contribution in [0.2, 0.25) is 0 Å². The monoisotopic (exact) mass is 418 g/mol. The van der Waals surface area contributed by atoms with E-state index in [1.807, 2.05) is 0 Å². The molecule has 0 saturated heterocycles. The zero-order valence-corrected chi connectivity index (χ0v) is 18.4. The highest BCUT2D eigenvalue weighted by Crippen LogP contribution is 2.49. The van der Waals surface area contributed by atoms with Crippen LogP contribution in [-0.4, -0.2) is 44.5 Å². The van der Waals surface area contributed by atoms with Crippen molar-refractivity contribution in [1.29, 1.82) is 0 Å². The molecule has 28 heavy (non-hydrogen) atoms. The van der Waals surface area contributed by atoms with Gasteiger partial charge in [-0.25, -0.2) is 9.59 Å². The fourth-order valence-corrected chi connectivity index (χ4v) is 3.76. The molecule has 0 aliphatic heterocycles. The largest absolute Gasteiger partial charge is 0.462 e. The Morgan fingerprint density at radius 3 is 1.61 bits per heavy atom. The van der Waals surface area contributed by atoms with E-state index < -0.39 is 19.5 Å². The van der Waals surface area contributed by atoms with Crippen LogP contribution in [-0.2, 0) is 32.7 Å². The van der Waals surface area contributed by atoms with E-state index in [0.717, 1.165) is 25.7 Å². The molecule has 0 N–H and O–H groups in total. The number of carbonyl (C=O) groups excluding carboxylic acids is 2. The Bertz CT molecular complexity index is 517. The van der Waals surface area contributed by atoms with Crippen LogP contribution in [0.25, 0.3) is 0 Å². The molecule has 0 heterocycles. The minimum atomic E-state index is -3.24. The molecule has 162 valence electrons. The SMILES string of the molecule is C=C(C)C(=O)OCCCOP(=O)(CCCCCC)OCCCOC(=O)C(=C)C. The molecule has 0 radical (unpaired) electrons. The van der Waals surface area contributed by atoms with E-state index >= 15 is 0 Å². The Balaban J connectivity index is 4.28. The molecule has 8 heteroatoms. The van der Waals surface area contributed by atoms with Crippen LogP contribution in [0.5, 0.6) is 0 Å². The van der Waals surface area contributed by atoms with Crippen molar-refractivity contribution in [3.05, 3.63) is 24.3 Å². The summed E-state index contributed by atoms with van der Waals surface area (Å²) in [5.41, 5.74) is 0.663. The molecule has 0 aromatic carbocycles. The molecule has 0 aliphatic rings. The van der Waals surface area contributed by atoms with E-state index in [9.17, 15) is 14.2 Å². The van der Waals surface area contributed by atoms with Gasteiger partial charge in [0.1, 0.15) is 0 Å². The molecular weight excluding hydrogens is 383 g/mol. The van der Waals surface area contributed by atoms with Crippen molar-refractivity contribution in [3.8, 4) is 0 Å². The van der Waals surface area contributed by atoms with Crippen molar-refractivity contribution in [2.75, 3.05) is 32.6 Å². The van der Waals surface area contributed by atoms with Gasteiger partial charge in [0.25, 0.3) is 0 Å². The van der Waals surface area contributed by atoms with Gasteiger partial charge in [0, 0.05) is 24.0 Å². The van der Waals surface area contributed by atoms with Gasteiger partial charge < -0.3 is 18.5 Å². The minimum absolute atomic E-state index is 0.165. The third-order valence-corrected chi connectivity index (χ3v) is 5.62. The molecule has 0 aromatic rings. The maximum Gasteiger partial charge on any atom is 0.333 e. The smallest absolute Gasteiger partial charge is 0.333 e. The van der Waals surface area contributed by atoms with Gasteiger partial charge in [-0.05, 0) is 20.3 Å². The summed E-state index contributed by atoms with van der Waals surface area (Å²) >= 11 is 0. The van der Waals surface area contributed by atoms with E-state index in [1.165, 1.54) is 0 Å². The van der Waals surface area contributed by atoms with E-state index in [1.54, 1.807) is 13.8 Å². The zero-order chi connectivity index (χ0) is 21.4. The summed E-state index contributed by atoms with van der Waals surface area (Å²) in [6.07, 6.45) is 5.02. The van der Waals surface area contributed by atoms with Gasteiger partial charge in [0.2, 0.25) is 0 Å². The van der Waals surface area contributed by atoms with Crippen LogP contribution >= 0.6 is 7.60 Å². The van der Waals surface area contributed by atoms with Crippen molar-refractivity contribution in [2.45, 2.75) is 59.3 Å². The normalized spacial score (nSPS) is 11.1. The Morgan fingerprint density at radius 2 is 1.21 bits per heavy atom. The van der Waals surface area contributed by atoms with Crippen LogP contribution < -0.4 is 0 Å². The molecular formula is C20H35O7P. The second kappa shape index (κ2) is 15.5. The molecule has 0 spiro atoms. The zero-order valence-electron chi connectivity index (χ0n) is 17.5. The van der Waals surface area contributed by atoms with Gasteiger partial charge in [-0.1, -0.05) is 39.3 Å². The third-order valence-electron chi connectivity index (χ3n) is 3.60. The lowest BCUT2D eigenvalue weighted by molar-refractivity contribution is -0.140. The molecule has 0 aromatic heterocycles. The fraction of sp³-hybridized carbons (Fsp3) is 0.700. The molecule has 0 unspecified atom stereocenters. The van der Waals surface area contributed by atoms with Crippen LogP contribution in [0.1, 0.15) is 59.3 Å². The first-order valence-corrected chi connectivity index (χ1v) is 11.5. The summed E-state index contributed by atoms with van der Waals surface area (Å²) < 4.78 is 33.9. The Kier molecular flexibility index (Phi) is 14.7. The van der Waals surface area contributed by atoms with E-state index in [2.05, 4.69) is 20.1 Å². The predicted octanol–water partition coefficient (Wildman–Crippen LogP) is 4.81. The summed E-state index contributed by atoms with van der Waals surface area (Å²) in [7, 11) is -3.24. The maximum absolute atomic E-state index is 12.9. The standard InChI is InChI=1S/C20H35O7P/c1-6-7-8-9-16-28(23,26-14-10-12-24-19(21)17(2)3)27-15-11-13-25-20(22)18(4)5/h2,4,6-16H2,1,3,5H3. The van der Waals surface area contributed by atoms with Crippen molar-refractivity contribution >= 4 is 19.5 Å². The Labute approximate surface area is 169 Å². The van der Waals surface area contributed by atoms with Gasteiger partial charge >= 0.3 is 19.5 Å². The summed E-state index contributed by atoms with van der Waals surface area (Å²) in [6.45, 7) is 12.9. The van der Waals surface area contributed by atoms with Crippen molar-refractivity contribution in [1.82, 2.24) is 0 Å². The molecule has 7 nitrogen and oxygen atoms in total. The lowest BCUT2D eigenvalue weighted by Crippen LogP contribution is -2.10. The van der Waals surface area contributed by atoms with Crippen molar-refractivity contribution in [2.24, 2.45) is 0 Å². The third kappa shape index (κ3) is 13.7. The van der Waals surface area contributed by atoms with E-state index in [-0.39, 0.29) is 26.4 Å². The average Bonchev–Trinajstić information content (AvgIpc) is 2.64. The highest BCUT2D eigenvalue weighted by molar-refractivity contribution is 7.53. The number of unbranched alkanes of at least 4 members (excludes halogenated alkanes) is 3. The number of carbonyl (C=O) groups is 2. The first-order valence-electron chi connectivity index (χ1n) is 9.75. The number of hydrogen-bond acceptors (Lipinski definition) is 7. The summed E-state index contributed by atoms with van der Waals surface area (Å²) in [4.78, 5) is 22.6. The molecule has 0 amide bonds. The molecule has 0 aliphatic carbocycles. The highest BCUT2D eigenvalue weighted by atomic mass is 31.2. The number of hydrogen-bond donors (Lipinski definition) is 0. The van der Waals surface area contributed by atoms with E-state index in [0.29, 0.717) is 30.1 Å². The number of rotatable bonds is 17. The highest BCUT2D eigenvalue weighted by Gasteiger charge is 2.24. The molecule has 0 bridgehead atoms. The number of ether oxygens (including phenoxy) is 2. The fourth-order valence-electron chi connectivity index (χ4n) is 2.00. The van der Waals surface area contributed by atoms with Crippen molar-refractivity contribution < 1.29 is 32.7 Å². The predicted molar refractivity (Wildman–Crippen MR) is 109 cm³/mol. The summed E-state index contributed by atoms with van der Waals surface area (Å²) in [5, 5.41) is 0. The van der Waals surface area contributed by atoms with Gasteiger partial charge in [-0.3, -0.25) is 4.57 Å².